The van der Waals surface area contributed by atoms with Crippen LogP contribution in [0.4, 0.5) is 0 Å². The first-order chi connectivity index (χ1) is 9.20. The lowest BCUT2D eigenvalue weighted by atomic mass is 9.97. The summed E-state index contributed by atoms with van der Waals surface area (Å²) < 4.78 is 6.13. The van der Waals surface area contributed by atoms with Crippen LogP contribution in [-0.4, -0.2) is 6.54 Å². The van der Waals surface area contributed by atoms with Gasteiger partial charge in [0.15, 0.2) is 0 Å². The van der Waals surface area contributed by atoms with E-state index in [1.165, 1.54) is 41.3 Å². The largest absolute Gasteiger partial charge is 0.459 e. The van der Waals surface area contributed by atoms with Gasteiger partial charge in [-0.05, 0) is 55.0 Å². The first kappa shape index (κ1) is 12.7. The molecule has 0 atom stereocenters. The molecule has 2 heteroatoms. The molecule has 0 saturated carbocycles. The third-order valence-electron chi connectivity index (χ3n) is 4.13. The van der Waals surface area contributed by atoms with Crippen molar-refractivity contribution in [1.82, 2.24) is 5.32 Å². The second-order valence-corrected chi connectivity index (χ2v) is 5.84. The van der Waals surface area contributed by atoms with E-state index in [0.29, 0.717) is 5.92 Å². The third kappa shape index (κ3) is 2.18. The van der Waals surface area contributed by atoms with Gasteiger partial charge in [0.2, 0.25) is 0 Å². The van der Waals surface area contributed by atoms with E-state index in [4.69, 9.17) is 4.42 Å². The molecule has 3 rings (SSSR count). The van der Waals surface area contributed by atoms with Gasteiger partial charge in [0.25, 0.3) is 0 Å². The van der Waals surface area contributed by atoms with E-state index in [1.807, 2.05) is 0 Å². The second-order valence-electron chi connectivity index (χ2n) is 5.84. The van der Waals surface area contributed by atoms with Crippen molar-refractivity contribution in [2.24, 2.45) is 0 Å². The SMILES string of the molecule is CCNCc1oc2cc3c(cc2c1C(C)C)CCC3. The molecule has 0 amide bonds. The fraction of sp³-hybridized carbons (Fsp3) is 0.529. The second kappa shape index (κ2) is 5.01. The topological polar surface area (TPSA) is 25.2 Å². The van der Waals surface area contributed by atoms with E-state index < -0.39 is 0 Å². The van der Waals surface area contributed by atoms with Gasteiger partial charge in [0, 0.05) is 10.9 Å². The smallest absolute Gasteiger partial charge is 0.134 e. The van der Waals surface area contributed by atoms with Crippen molar-refractivity contribution in [3.63, 3.8) is 0 Å². The molecule has 19 heavy (non-hydrogen) atoms. The van der Waals surface area contributed by atoms with E-state index in [1.54, 1.807) is 0 Å². The van der Waals surface area contributed by atoms with Crippen LogP contribution in [0.1, 0.15) is 55.6 Å². The van der Waals surface area contributed by atoms with Crippen LogP contribution in [0.2, 0.25) is 0 Å². The van der Waals surface area contributed by atoms with Gasteiger partial charge in [-0.3, -0.25) is 0 Å². The molecule has 0 fully saturated rings. The molecule has 2 nitrogen and oxygen atoms in total. The highest BCUT2D eigenvalue weighted by atomic mass is 16.3. The predicted octanol–water partition coefficient (Wildman–Crippen LogP) is 4.15. The Bertz CT molecular complexity index is 595. The van der Waals surface area contributed by atoms with Gasteiger partial charge in [0.1, 0.15) is 11.3 Å². The Labute approximate surface area is 115 Å². The van der Waals surface area contributed by atoms with Crippen molar-refractivity contribution >= 4 is 11.0 Å². The average Bonchev–Trinajstić information content (AvgIpc) is 2.95. The van der Waals surface area contributed by atoms with Crippen LogP contribution in [0.5, 0.6) is 0 Å². The normalized spacial score (nSPS) is 14.5. The third-order valence-corrected chi connectivity index (χ3v) is 4.13. The molecule has 0 bridgehead atoms. The summed E-state index contributed by atoms with van der Waals surface area (Å²) in [6.45, 7) is 8.46. The van der Waals surface area contributed by atoms with Gasteiger partial charge < -0.3 is 9.73 Å². The predicted molar refractivity (Wildman–Crippen MR) is 79.7 cm³/mol. The maximum atomic E-state index is 6.13. The van der Waals surface area contributed by atoms with Crippen molar-refractivity contribution in [3.05, 3.63) is 34.6 Å². The van der Waals surface area contributed by atoms with E-state index in [2.05, 4.69) is 38.2 Å². The number of fused-ring (bicyclic) bond motifs is 2. The molecule has 0 radical (unpaired) electrons. The highest BCUT2D eigenvalue weighted by molar-refractivity contribution is 5.84. The number of aryl methyl sites for hydroxylation is 2. The molecule has 0 aliphatic heterocycles. The lowest BCUT2D eigenvalue weighted by molar-refractivity contribution is 0.510. The van der Waals surface area contributed by atoms with Crippen LogP contribution in [0.15, 0.2) is 16.5 Å². The zero-order chi connectivity index (χ0) is 13.4. The Morgan fingerprint density at radius 3 is 2.63 bits per heavy atom. The number of nitrogens with one attached hydrogen (secondary N) is 1. The minimum atomic E-state index is 0.509. The summed E-state index contributed by atoms with van der Waals surface area (Å²) in [5.41, 5.74) is 5.50. The maximum Gasteiger partial charge on any atom is 0.134 e. The van der Waals surface area contributed by atoms with Gasteiger partial charge in [-0.1, -0.05) is 20.8 Å². The van der Waals surface area contributed by atoms with Crippen molar-refractivity contribution < 1.29 is 4.42 Å². The monoisotopic (exact) mass is 257 g/mol. The Kier molecular flexibility index (Phi) is 3.36. The zero-order valence-electron chi connectivity index (χ0n) is 12.2. The van der Waals surface area contributed by atoms with Crippen LogP contribution in [0.3, 0.4) is 0 Å². The summed E-state index contributed by atoms with van der Waals surface area (Å²) in [6, 6.07) is 4.66. The van der Waals surface area contributed by atoms with Gasteiger partial charge in [-0.15, -0.1) is 0 Å². The van der Waals surface area contributed by atoms with Gasteiger partial charge in [0.05, 0.1) is 6.54 Å². The molecular weight excluding hydrogens is 234 g/mol. The average molecular weight is 257 g/mol. The molecule has 1 aromatic carbocycles. The molecule has 0 spiro atoms. The lowest BCUT2D eigenvalue weighted by Crippen LogP contribution is -2.12. The number of rotatable bonds is 4. The fourth-order valence-corrected chi connectivity index (χ4v) is 3.24. The van der Waals surface area contributed by atoms with Crippen LogP contribution >= 0.6 is 0 Å². The number of hydrogen-bond donors (Lipinski definition) is 1. The minimum Gasteiger partial charge on any atom is -0.459 e. The Balaban J connectivity index is 2.13. The Hall–Kier alpha value is -1.28. The summed E-state index contributed by atoms with van der Waals surface area (Å²) in [6.07, 6.45) is 3.74. The number of hydrogen-bond acceptors (Lipinski definition) is 2. The molecule has 1 aliphatic rings. The molecule has 1 heterocycles. The molecule has 1 aromatic heterocycles. The Morgan fingerprint density at radius 1 is 1.21 bits per heavy atom. The summed E-state index contributed by atoms with van der Waals surface area (Å²) in [5, 5.41) is 4.72. The number of furan rings is 1. The summed E-state index contributed by atoms with van der Waals surface area (Å²) in [7, 11) is 0. The van der Waals surface area contributed by atoms with Crippen LogP contribution < -0.4 is 5.32 Å². The van der Waals surface area contributed by atoms with Gasteiger partial charge in [-0.25, -0.2) is 0 Å². The molecule has 1 aliphatic carbocycles. The first-order valence-corrected chi connectivity index (χ1v) is 7.48. The van der Waals surface area contributed by atoms with Crippen LogP contribution in [-0.2, 0) is 19.4 Å². The van der Waals surface area contributed by atoms with Crippen LogP contribution in [0.25, 0.3) is 11.0 Å². The molecule has 2 aromatic rings. The van der Waals surface area contributed by atoms with Crippen molar-refractivity contribution in [2.45, 2.75) is 52.5 Å². The number of benzene rings is 1. The van der Waals surface area contributed by atoms with Crippen LogP contribution in [0, 0.1) is 0 Å². The molecule has 102 valence electrons. The standard InChI is InChI=1S/C17H23NO/c1-4-18-10-16-17(11(2)3)14-8-12-6-5-7-13(12)9-15(14)19-16/h8-9,11,18H,4-7,10H2,1-3H3. The molecular formula is C17H23NO. The molecule has 0 unspecified atom stereocenters. The highest BCUT2D eigenvalue weighted by Crippen LogP contribution is 2.36. The fourth-order valence-electron chi connectivity index (χ4n) is 3.24. The maximum absolute atomic E-state index is 6.13. The van der Waals surface area contributed by atoms with Gasteiger partial charge in [-0.2, -0.15) is 0 Å². The van der Waals surface area contributed by atoms with Crippen molar-refractivity contribution in [2.75, 3.05) is 6.54 Å². The highest BCUT2D eigenvalue weighted by Gasteiger charge is 2.20. The molecule has 1 N–H and O–H groups in total. The quantitative estimate of drug-likeness (QED) is 0.890. The summed E-state index contributed by atoms with van der Waals surface area (Å²) >= 11 is 0. The van der Waals surface area contributed by atoms with E-state index in [9.17, 15) is 0 Å². The van der Waals surface area contributed by atoms with E-state index in [-0.39, 0.29) is 0 Å². The van der Waals surface area contributed by atoms with Gasteiger partial charge >= 0.3 is 0 Å². The lowest BCUT2D eigenvalue weighted by Gasteiger charge is -2.07. The first-order valence-electron chi connectivity index (χ1n) is 7.48. The van der Waals surface area contributed by atoms with E-state index >= 15 is 0 Å². The summed E-state index contributed by atoms with van der Waals surface area (Å²) in [4.78, 5) is 0. The molecule has 0 saturated heterocycles. The minimum absolute atomic E-state index is 0.509. The zero-order valence-corrected chi connectivity index (χ0v) is 12.2. The van der Waals surface area contributed by atoms with Crippen molar-refractivity contribution in [1.29, 1.82) is 0 Å². The Morgan fingerprint density at radius 2 is 1.95 bits per heavy atom. The van der Waals surface area contributed by atoms with Crippen molar-refractivity contribution in [3.8, 4) is 0 Å². The van der Waals surface area contributed by atoms with E-state index in [0.717, 1.165) is 24.4 Å². The summed E-state index contributed by atoms with van der Waals surface area (Å²) in [5.74, 6) is 1.63.